The fraction of sp³-hybridized carbons (Fsp3) is 0.600. The van der Waals surface area contributed by atoms with Crippen LogP contribution in [0.15, 0.2) is 17.0 Å². The molecule has 0 aliphatic heterocycles. The largest absolute Gasteiger partial charge is 0.398 e. The Balaban J connectivity index is 2.97. The number of aryl methyl sites for hydroxylation is 2. The van der Waals surface area contributed by atoms with Gasteiger partial charge in [0.15, 0.2) is 0 Å². The average molecular weight is 298 g/mol. The van der Waals surface area contributed by atoms with E-state index in [0.29, 0.717) is 11.6 Å². The third kappa shape index (κ3) is 4.21. The molecule has 114 valence electrons. The highest BCUT2D eigenvalue weighted by Crippen LogP contribution is 2.23. The Hall–Kier alpha value is -1.07. The predicted molar refractivity (Wildman–Crippen MR) is 84.2 cm³/mol. The van der Waals surface area contributed by atoms with E-state index in [1.807, 2.05) is 20.8 Å². The molecule has 0 aliphatic carbocycles. The van der Waals surface area contributed by atoms with Gasteiger partial charge in [-0.2, -0.15) is 0 Å². The van der Waals surface area contributed by atoms with E-state index in [9.17, 15) is 8.42 Å². The number of hydrogen-bond acceptors (Lipinski definition) is 3. The van der Waals surface area contributed by atoms with E-state index >= 15 is 0 Å². The predicted octanol–water partition coefficient (Wildman–Crippen LogP) is 2.99. The van der Waals surface area contributed by atoms with E-state index in [-0.39, 0.29) is 10.9 Å². The second-order valence-electron chi connectivity index (χ2n) is 5.75. The van der Waals surface area contributed by atoms with Crippen molar-refractivity contribution < 1.29 is 8.42 Å². The number of nitrogen functional groups attached to an aromatic ring is 1. The van der Waals surface area contributed by atoms with Crippen LogP contribution in [0, 0.1) is 19.8 Å². The van der Waals surface area contributed by atoms with Gasteiger partial charge in [-0.05, 0) is 56.4 Å². The summed E-state index contributed by atoms with van der Waals surface area (Å²) in [5.74, 6) is 0.491. The molecule has 0 saturated carbocycles. The highest BCUT2D eigenvalue weighted by molar-refractivity contribution is 7.89. The fourth-order valence-corrected chi connectivity index (χ4v) is 3.65. The van der Waals surface area contributed by atoms with Crippen molar-refractivity contribution in [1.29, 1.82) is 0 Å². The van der Waals surface area contributed by atoms with Crippen molar-refractivity contribution in [2.45, 2.75) is 58.4 Å². The maximum Gasteiger partial charge on any atom is 0.242 e. The number of benzene rings is 1. The van der Waals surface area contributed by atoms with Crippen LogP contribution >= 0.6 is 0 Å². The number of sulfonamides is 1. The van der Waals surface area contributed by atoms with Gasteiger partial charge in [0.05, 0.1) is 5.69 Å². The maximum atomic E-state index is 12.4. The molecule has 2 atom stereocenters. The molecule has 1 aromatic rings. The van der Waals surface area contributed by atoms with Gasteiger partial charge in [-0.15, -0.1) is 0 Å². The number of rotatable bonds is 6. The van der Waals surface area contributed by atoms with E-state index < -0.39 is 10.0 Å². The molecule has 3 N–H and O–H groups in total. The Bertz CT molecular complexity index is 567. The summed E-state index contributed by atoms with van der Waals surface area (Å²) in [6, 6.07) is 3.25. The lowest BCUT2D eigenvalue weighted by Gasteiger charge is -2.18. The van der Waals surface area contributed by atoms with Crippen LogP contribution in [-0.2, 0) is 10.0 Å². The molecule has 0 bridgehead atoms. The van der Waals surface area contributed by atoms with Crippen molar-refractivity contribution in [2.24, 2.45) is 5.92 Å². The van der Waals surface area contributed by atoms with E-state index in [2.05, 4.69) is 18.6 Å². The third-order valence-corrected chi connectivity index (χ3v) is 5.37. The molecule has 0 amide bonds. The molecule has 0 saturated heterocycles. The lowest BCUT2D eigenvalue weighted by atomic mass is 10.0. The second kappa shape index (κ2) is 6.59. The van der Waals surface area contributed by atoms with Crippen molar-refractivity contribution in [3.05, 3.63) is 23.3 Å². The van der Waals surface area contributed by atoms with Gasteiger partial charge in [-0.25, -0.2) is 13.1 Å². The summed E-state index contributed by atoms with van der Waals surface area (Å²) in [6.07, 6.45) is 1.86. The van der Waals surface area contributed by atoms with Crippen molar-refractivity contribution in [3.8, 4) is 0 Å². The van der Waals surface area contributed by atoms with Gasteiger partial charge in [0.2, 0.25) is 10.0 Å². The monoisotopic (exact) mass is 298 g/mol. The first-order valence-corrected chi connectivity index (χ1v) is 8.54. The molecule has 1 rings (SSSR count). The van der Waals surface area contributed by atoms with Gasteiger partial charge >= 0.3 is 0 Å². The van der Waals surface area contributed by atoms with Gasteiger partial charge in [-0.1, -0.05) is 20.3 Å². The lowest BCUT2D eigenvalue weighted by molar-refractivity contribution is 0.445. The van der Waals surface area contributed by atoms with Crippen molar-refractivity contribution >= 4 is 15.7 Å². The molecule has 0 aromatic heterocycles. The second-order valence-corrected chi connectivity index (χ2v) is 7.43. The Morgan fingerprint density at radius 3 is 2.30 bits per heavy atom. The van der Waals surface area contributed by atoms with Gasteiger partial charge in [0.1, 0.15) is 4.90 Å². The van der Waals surface area contributed by atoms with Gasteiger partial charge in [0, 0.05) is 6.04 Å². The van der Waals surface area contributed by atoms with Gasteiger partial charge in [-0.3, -0.25) is 0 Å². The van der Waals surface area contributed by atoms with Crippen LogP contribution in [-0.4, -0.2) is 14.5 Å². The van der Waals surface area contributed by atoms with E-state index in [1.54, 1.807) is 12.1 Å². The molecule has 2 unspecified atom stereocenters. The zero-order valence-electron chi connectivity index (χ0n) is 13.0. The first kappa shape index (κ1) is 17.0. The topological polar surface area (TPSA) is 72.2 Å². The van der Waals surface area contributed by atoms with E-state index in [4.69, 9.17) is 5.73 Å². The Labute approximate surface area is 122 Å². The normalized spacial score (nSPS) is 15.1. The van der Waals surface area contributed by atoms with Gasteiger partial charge in [0.25, 0.3) is 0 Å². The van der Waals surface area contributed by atoms with Crippen LogP contribution in [0.25, 0.3) is 0 Å². The minimum atomic E-state index is -3.56. The minimum Gasteiger partial charge on any atom is -0.398 e. The van der Waals surface area contributed by atoms with Crippen molar-refractivity contribution in [1.82, 2.24) is 4.72 Å². The van der Waals surface area contributed by atoms with Crippen LogP contribution in [0.2, 0.25) is 0 Å². The number of nitrogens with two attached hydrogens (primary N) is 1. The van der Waals surface area contributed by atoms with Crippen LogP contribution in [0.1, 0.15) is 44.7 Å². The van der Waals surface area contributed by atoms with E-state index in [1.165, 1.54) is 0 Å². The zero-order valence-corrected chi connectivity index (χ0v) is 13.8. The quantitative estimate of drug-likeness (QED) is 0.793. The molecule has 20 heavy (non-hydrogen) atoms. The number of anilines is 1. The summed E-state index contributed by atoms with van der Waals surface area (Å²) in [5, 5.41) is 0. The smallest absolute Gasteiger partial charge is 0.242 e. The number of hydrogen-bond donors (Lipinski definition) is 2. The molecular weight excluding hydrogens is 272 g/mol. The molecule has 0 fully saturated rings. The summed E-state index contributed by atoms with van der Waals surface area (Å²) in [6.45, 7) is 9.92. The minimum absolute atomic E-state index is 0.101. The van der Waals surface area contributed by atoms with Crippen LogP contribution in [0.5, 0.6) is 0 Å². The molecular formula is C15H26N2O2S. The van der Waals surface area contributed by atoms with Gasteiger partial charge < -0.3 is 5.73 Å². The molecule has 5 heteroatoms. The molecule has 0 heterocycles. The summed E-state index contributed by atoms with van der Waals surface area (Å²) >= 11 is 0. The lowest BCUT2D eigenvalue weighted by Crippen LogP contribution is -2.34. The molecule has 0 aliphatic rings. The molecule has 0 spiro atoms. The first-order valence-electron chi connectivity index (χ1n) is 7.06. The Morgan fingerprint density at radius 2 is 1.75 bits per heavy atom. The fourth-order valence-electron chi connectivity index (χ4n) is 2.19. The summed E-state index contributed by atoms with van der Waals surface area (Å²) in [4.78, 5) is 0.177. The molecule has 1 aromatic carbocycles. The van der Waals surface area contributed by atoms with E-state index in [0.717, 1.165) is 24.0 Å². The summed E-state index contributed by atoms with van der Waals surface area (Å²) in [7, 11) is -3.56. The zero-order chi connectivity index (χ0) is 15.5. The highest BCUT2D eigenvalue weighted by atomic mass is 32.2. The van der Waals surface area contributed by atoms with Crippen LogP contribution in [0.3, 0.4) is 0 Å². The maximum absolute atomic E-state index is 12.4. The average Bonchev–Trinajstić information content (AvgIpc) is 2.32. The highest BCUT2D eigenvalue weighted by Gasteiger charge is 2.21. The van der Waals surface area contributed by atoms with Crippen LogP contribution in [0.4, 0.5) is 5.69 Å². The Kier molecular flexibility index (Phi) is 5.59. The van der Waals surface area contributed by atoms with Crippen molar-refractivity contribution in [3.63, 3.8) is 0 Å². The first-order chi connectivity index (χ1) is 9.17. The summed E-state index contributed by atoms with van der Waals surface area (Å²) in [5.41, 5.74) is 8.08. The molecule has 4 nitrogen and oxygen atoms in total. The standard InChI is InChI=1S/C15H26N2O2S/c1-6-10(2)7-13(5)17-20(18,19)15-9-12(4)11(3)8-14(15)16/h8-10,13,17H,6-7,16H2,1-5H3. The Morgan fingerprint density at radius 1 is 1.20 bits per heavy atom. The number of nitrogens with one attached hydrogen (secondary N) is 1. The third-order valence-electron chi connectivity index (χ3n) is 3.72. The van der Waals surface area contributed by atoms with Crippen molar-refractivity contribution in [2.75, 3.05) is 5.73 Å². The summed E-state index contributed by atoms with van der Waals surface area (Å²) < 4.78 is 27.5. The molecule has 0 radical (unpaired) electrons. The SMILES string of the molecule is CCC(C)CC(C)NS(=O)(=O)c1cc(C)c(C)cc1N. The van der Waals surface area contributed by atoms with Crippen LogP contribution < -0.4 is 10.5 Å².